The molecule has 96 valence electrons. The fourth-order valence-corrected chi connectivity index (χ4v) is 2.03. The van der Waals surface area contributed by atoms with Gasteiger partial charge in [-0.2, -0.15) is 5.10 Å². The molecule has 4 nitrogen and oxygen atoms in total. The van der Waals surface area contributed by atoms with Crippen molar-refractivity contribution in [3.8, 4) is 0 Å². The Labute approximate surface area is 108 Å². The number of rotatable bonds is 4. The van der Waals surface area contributed by atoms with Crippen molar-refractivity contribution in [1.82, 2.24) is 20.1 Å². The summed E-state index contributed by atoms with van der Waals surface area (Å²) in [7, 11) is 1.95. The Bertz CT molecular complexity index is 513. The van der Waals surface area contributed by atoms with Crippen LogP contribution in [0.15, 0.2) is 24.5 Å². The van der Waals surface area contributed by atoms with Crippen LogP contribution in [0.2, 0.25) is 0 Å². The molecule has 0 aromatic carbocycles. The summed E-state index contributed by atoms with van der Waals surface area (Å²) in [6.45, 7) is 7.02. The first kappa shape index (κ1) is 12.8. The Morgan fingerprint density at radius 3 is 2.67 bits per heavy atom. The molecule has 0 aliphatic heterocycles. The van der Waals surface area contributed by atoms with E-state index in [9.17, 15) is 0 Å². The van der Waals surface area contributed by atoms with E-state index in [1.165, 1.54) is 11.1 Å². The minimum absolute atomic E-state index is 0.292. The zero-order chi connectivity index (χ0) is 13.1. The molecule has 0 spiro atoms. The molecule has 0 saturated heterocycles. The molecule has 0 radical (unpaired) electrons. The molecule has 0 aliphatic rings. The third-order valence-corrected chi connectivity index (χ3v) is 3.10. The maximum Gasteiger partial charge on any atom is 0.0641 e. The predicted octanol–water partition coefficient (Wildman–Crippen LogP) is 2.28. The van der Waals surface area contributed by atoms with Crippen LogP contribution in [-0.4, -0.2) is 14.8 Å². The van der Waals surface area contributed by atoms with Gasteiger partial charge >= 0.3 is 0 Å². The topological polar surface area (TPSA) is 42.7 Å². The van der Waals surface area contributed by atoms with Crippen LogP contribution in [-0.2, 0) is 13.6 Å². The summed E-state index contributed by atoms with van der Waals surface area (Å²) in [6, 6.07) is 4.44. The van der Waals surface area contributed by atoms with E-state index < -0.39 is 0 Å². The van der Waals surface area contributed by atoms with E-state index in [1.54, 1.807) is 0 Å². The van der Waals surface area contributed by atoms with Crippen LogP contribution < -0.4 is 5.32 Å². The Balaban J connectivity index is 1.98. The lowest BCUT2D eigenvalue weighted by atomic mass is 10.1. The van der Waals surface area contributed by atoms with Gasteiger partial charge in [-0.1, -0.05) is 6.07 Å². The number of nitrogens with one attached hydrogen (secondary N) is 1. The van der Waals surface area contributed by atoms with E-state index in [4.69, 9.17) is 0 Å². The molecule has 2 aromatic rings. The molecule has 1 unspecified atom stereocenters. The lowest BCUT2D eigenvalue weighted by Gasteiger charge is -2.13. The van der Waals surface area contributed by atoms with Gasteiger partial charge in [-0.15, -0.1) is 0 Å². The third kappa shape index (κ3) is 2.96. The van der Waals surface area contributed by atoms with Crippen LogP contribution in [0.3, 0.4) is 0 Å². The van der Waals surface area contributed by atoms with Gasteiger partial charge in [0.2, 0.25) is 0 Å². The van der Waals surface area contributed by atoms with Crippen molar-refractivity contribution in [2.75, 3.05) is 0 Å². The van der Waals surface area contributed by atoms with Gasteiger partial charge in [0, 0.05) is 43.3 Å². The van der Waals surface area contributed by atoms with Crippen molar-refractivity contribution >= 4 is 0 Å². The quantitative estimate of drug-likeness (QED) is 0.897. The standard InChI is InChI=1S/C14H20N4/c1-10-5-6-13(7-15-10)8-16-11(2)14-9-18(4)17-12(14)3/h5-7,9,11,16H,8H2,1-4H3. The summed E-state index contributed by atoms with van der Waals surface area (Å²) >= 11 is 0. The van der Waals surface area contributed by atoms with E-state index in [1.807, 2.05) is 37.8 Å². The van der Waals surface area contributed by atoms with E-state index in [0.29, 0.717) is 6.04 Å². The van der Waals surface area contributed by atoms with Crippen LogP contribution in [0.25, 0.3) is 0 Å². The number of nitrogens with zero attached hydrogens (tertiary/aromatic N) is 3. The van der Waals surface area contributed by atoms with Crippen LogP contribution >= 0.6 is 0 Å². The number of aryl methyl sites for hydroxylation is 3. The first-order valence-corrected chi connectivity index (χ1v) is 6.21. The minimum atomic E-state index is 0.292. The van der Waals surface area contributed by atoms with Gasteiger partial charge in [0.25, 0.3) is 0 Å². The second kappa shape index (κ2) is 5.31. The lowest BCUT2D eigenvalue weighted by molar-refractivity contribution is 0.571. The maximum atomic E-state index is 4.36. The summed E-state index contributed by atoms with van der Waals surface area (Å²) in [4.78, 5) is 4.30. The molecule has 2 aromatic heterocycles. The van der Waals surface area contributed by atoms with Crippen LogP contribution in [0, 0.1) is 13.8 Å². The average molecular weight is 244 g/mol. The SMILES string of the molecule is Cc1ccc(CNC(C)c2cn(C)nc2C)cn1. The first-order chi connectivity index (χ1) is 8.56. The molecular weight excluding hydrogens is 224 g/mol. The fraction of sp³-hybridized carbons (Fsp3) is 0.429. The second-order valence-electron chi connectivity index (χ2n) is 4.75. The summed E-state index contributed by atoms with van der Waals surface area (Å²) in [5, 5.41) is 7.86. The summed E-state index contributed by atoms with van der Waals surface area (Å²) in [5.41, 5.74) is 4.58. The molecule has 4 heteroatoms. The van der Waals surface area contributed by atoms with E-state index in [-0.39, 0.29) is 0 Å². The summed E-state index contributed by atoms with van der Waals surface area (Å²) < 4.78 is 1.86. The van der Waals surface area contributed by atoms with Crippen molar-refractivity contribution in [3.63, 3.8) is 0 Å². The van der Waals surface area contributed by atoms with Gasteiger partial charge < -0.3 is 5.32 Å². The molecule has 0 saturated carbocycles. The molecule has 1 atom stereocenters. The summed E-state index contributed by atoms with van der Waals surface area (Å²) in [5.74, 6) is 0. The molecule has 0 bridgehead atoms. The zero-order valence-corrected chi connectivity index (χ0v) is 11.4. The molecule has 18 heavy (non-hydrogen) atoms. The fourth-order valence-electron chi connectivity index (χ4n) is 2.03. The smallest absolute Gasteiger partial charge is 0.0641 e. The van der Waals surface area contributed by atoms with Crippen molar-refractivity contribution < 1.29 is 0 Å². The Hall–Kier alpha value is -1.68. The maximum absolute atomic E-state index is 4.36. The van der Waals surface area contributed by atoms with E-state index in [0.717, 1.165) is 17.9 Å². The van der Waals surface area contributed by atoms with Gasteiger partial charge in [-0.3, -0.25) is 9.67 Å². The van der Waals surface area contributed by atoms with E-state index in [2.05, 4.69) is 34.6 Å². The van der Waals surface area contributed by atoms with Crippen molar-refractivity contribution in [2.45, 2.75) is 33.4 Å². The van der Waals surface area contributed by atoms with Gasteiger partial charge in [0.15, 0.2) is 0 Å². The van der Waals surface area contributed by atoms with Crippen molar-refractivity contribution in [1.29, 1.82) is 0 Å². The largest absolute Gasteiger partial charge is 0.306 e. The molecular formula is C14H20N4. The molecule has 2 heterocycles. The molecule has 0 aliphatic carbocycles. The highest BCUT2D eigenvalue weighted by Crippen LogP contribution is 2.16. The number of hydrogen-bond donors (Lipinski definition) is 1. The molecule has 0 fully saturated rings. The number of aromatic nitrogens is 3. The summed E-state index contributed by atoms with van der Waals surface area (Å²) in [6.07, 6.45) is 3.99. The third-order valence-electron chi connectivity index (χ3n) is 3.10. The monoisotopic (exact) mass is 244 g/mol. The van der Waals surface area contributed by atoms with E-state index >= 15 is 0 Å². The molecule has 1 N–H and O–H groups in total. The highest BCUT2D eigenvalue weighted by atomic mass is 15.3. The molecule has 2 rings (SSSR count). The number of pyridine rings is 1. The van der Waals surface area contributed by atoms with Crippen LogP contribution in [0.5, 0.6) is 0 Å². The molecule has 0 amide bonds. The predicted molar refractivity (Wildman–Crippen MR) is 72.2 cm³/mol. The van der Waals surface area contributed by atoms with Gasteiger partial charge in [-0.05, 0) is 32.4 Å². The minimum Gasteiger partial charge on any atom is -0.306 e. The van der Waals surface area contributed by atoms with Crippen molar-refractivity contribution in [3.05, 3.63) is 47.0 Å². The zero-order valence-electron chi connectivity index (χ0n) is 11.4. The van der Waals surface area contributed by atoms with Gasteiger partial charge in [0.05, 0.1) is 5.69 Å². The Morgan fingerprint density at radius 2 is 2.11 bits per heavy atom. The first-order valence-electron chi connectivity index (χ1n) is 6.21. The van der Waals surface area contributed by atoms with Crippen LogP contribution in [0.4, 0.5) is 0 Å². The Kier molecular flexibility index (Phi) is 3.77. The normalized spacial score (nSPS) is 12.7. The van der Waals surface area contributed by atoms with Crippen molar-refractivity contribution in [2.24, 2.45) is 7.05 Å². The van der Waals surface area contributed by atoms with Crippen LogP contribution in [0.1, 0.15) is 35.5 Å². The number of hydrogen-bond acceptors (Lipinski definition) is 3. The highest BCUT2D eigenvalue weighted by Gasteiger charge is 2.10. The van der Waals surface area contributed by atoms with Gasteiger partial charge in [-0.25, -0.2) is 0 Å². The highest BCUT2D eigenvalue weighted by molar-refractivity contribution is 5.20. The second-order valence-corrected chi connectivity index (χ2v) is 4.75. The average Bonchev–Trinajstić information content (AvgIpc) is 2.67. The lowest BCUT2D eigenvalue weighted by Crippen LogP contribution is -2.18. The van der Waals surface area contributed by atoms with Gasteiger partial charge in [0.1, 0.15) is 0 Å². The Morgan fingerprint density at radius 1 is 1.33 bits per heavy atom.